The average molecular weight is 467 g/mol. The van der Waals surface area contributed by atoms with Gasteiger partial charge in [-0.3, -0.25) is 9.36 Å². The number of anilines is 1. The van der Waals surface area contributed by atoms with Gasteiger partial charge in [0.25, 0.3) is 0 Å². The summed E-state index contributed by atoms with van der Waals surface area (Å²) in [5.74, 6) is -0.126. The van der Waals surface area contributed by atoms with Gasteiger partial charge >= 0.3 is 0 Å². The lowest BCUT2D eigenvalue weighted by atomic mass is 10.1. The Balaban J connectivity index is 1.65. The molecule has 1 heterocycles. The minimum Gasteiger partial charge on any atom is -0.325 e. The van der Waals surface area contributed by atoms with Crippen LogP contribution in [0.5, 0.6) is 0 Å². The number of amides is 1. The number of aromatic nitrogens is 3. The molecule has 8 heteroatoms. The van der Waals surface area contributed by atoms with E-state index in [4.69, 9.17) is 11.6 Å². The van der Waals surface area contributed by atoms with Crippen molar-refractivity contribution in [2.45, 2.75) is 19.0 Å². The first kappa shape index (κ1) is 22.0. The number of rotatable bonds is 6. The minimum atomic E-state index is -0.428. The van der Waals surface area contributed by atoms with Crippen LogP contribution in [0.25, 0.3) is 17.1 Å². The van der Waals surface area contributed by atoms with E-state index in [9.17, 15) is 9.18 Å². The van der Waals surface area contributed by atoms with Crippen molar-refractivity contribution in [3.8, 4) is 17.1 Å². The van der Waals surface area contributed by atoms with Gasteiger partial charge in [-0.15, -0.1) is 10.2 Å². The van der Waals surface area contributed by atoms with Crippen LogP contribution < -0.4 is 5.32 Å². The highest BCUT2D eigenvalue weighted by atomic mass is 35.5. The normalized spacial score (nSPS) is 10.9. The molecule has 0 saturated carbocycles. The van der Waals surface area contributed by atoms with Gasteiger partial charge in [0.1, 0.15) is 5.82 Å². The summed E-state index contributed by atoms with van der Waals surface area (Å²) >= 11 is 7.55. The van der Waals surface area contributed by atoms with Crippen molar-refractivity contribution < 1.29 is 9.18 Å². The van der Waals surface area contributed by atoms with Gasteiger partial charge in [-0.2, -0.15) is 0 Å². The van der Waals surface area contributed by atoms with Gasteiger partial charge in [-0.25, -0.2) is 4.39 Å². The van der Waals surface area contributed by atoms with Crippen molar-refractivity contribution in [3.63, 3.8) is 0 Å². The second kappa shape index (κ2) is 9.54. The first-order chi connectivity index (χ1) is 15.5. The van der Waals surface area contributed by atoms with Crippen LogP contribution in [0.1, 0.15) is 11.1 Å². The van der Waals surface area contributed by atoms with Crippen LogP contribution in [0.2, 0.25) is 5.02 Å². The highest BCUT2D eigenvalue weighted by molar-refractivity contribution is 7.99. The fourth-order valence-corrected chi connectivity index (χ4v) is 4.31. The smallest absolute Gasteiger partial charge is 0.234 e. The Bertz CT molecular complexity index is 1270. The topological polar surface area (TPSA) is 59.8 Å². The quantitative estimate of drug-likeness (QED) is 0.350. The standard InChI is InChI=1S/C24H20ClFN4OS/c1-15-8-7-9-16(2)22(15)27-21(31)14-32-24-29-28-23(17-10-3-4-11-18(17)25)30(24)20-13-6-5-12-19(20)26/h3-13H,14H2,1-2H3,(H,27,31). The summed E-state index contributed by atoms with van der Waals surface area (Å²) in [6, 6.07) is 19.4. The number of benzene rings is 3. The summed E-state index contributed by atoms with van der Waals surface area (Å²) in [5.41, 5.74) is 3.67. The number of carbonyl (C=O) groups excluding carboxylic acids is 1. The number of carbonyl (C=O) groups is 1. The Morgan fingerprint density at radius 3 is 2.41 bits per heavy atom. The van der Waals surface area contributed by atoms with Crippen LogP contribution in [0, 0.1) is 19.7 Å². The maximum absolute atomic E-state index is 14.7. The third kappa shape index (κ3) is 4.54. The van der Waals surface area contributed by atoms with E-state index in [0.717, 1.165) is 16.8 Å². The zero-order chi connectivity index (χ0) is 22.7. The van der Waals surface area contributed by atoms with E-state index in [1.165, 1.54) is 17.8 Å². The Hall–Kier alpha value is -3.16. The number of halogens is 2. The molecule has 0 bridgehead atoms. The molecule has 1 aromatic heterocycles. The molecule has 0 atom stereocenters. The Morgan fingerprint density at radius 2 is 1.69 bits per heavy atom. The molecule has 3 aromatic carbocycles. The van der Waals surface area contributed by atoms with Crippen LogP contribution in [0.4, 0.5) is 10.1 Å². The van der Waals surface area contributed by atoms with Crippen molar-refractivity contribution in [3.05, 3.63) is 88.7 Å². The van der Waals surface area contributed by atoms with Crippen molar-refractivity contribution in [1.29, 1.82) is 0 Å². The largest absolute Gasteiger partial charge is 0.325 e. The summed E-state index contributed by atoms with van der Waals surface area (Å²) < 4.78 is 16.3. The summed E-state index contributed by atoms with van der Waals surface area (Å²) in [5, 5.41) is 12.3. The highest BCUT2D eigenvalue weighted by Gasteiger charge is 2.21. The van der Waals surface area contributed by atoms with Crippen LogP contribution >= 0.6 is 23.4 Å². The summed E-state index contributed by atoms with van der Waals surface area (Å²) in [7, 11) is 0. The van der Waals surface area contributed by atoms with Gasteiger partial charge in [0.05, 0.1) is 16.5 Å². The second-order valence-corrected chi connectivity index (χ2v) is 8.53. The van der Waals surface area contributed by atoms with Gasteiger partial charge in [-0.05, 0) is 49.2 Å². The first-order valence-corrected chi connectivity index (χ1v) is 11.3. The number of thioether (sulfide) groups is 1. The number of hydrogen-bond donors (Lipinski definition) is 1. The van der Waals surface area contributed by atoms with Crippen LogP contribution in [-0.4, -0.2) is 26.4 Å². The van der Waals surface area contributed by atoms with Gasteiger partial charge in [0.2, 0.25) is 5.91 Å². The minimum absolute atomic E-state index is 0.0862. The molecule has 1 N–H and O–H groups in total. The van der Waals surface area contributed by atoms with E-state index in [-0.39, 0.29) is 17.3 Å². The lowest BCUT2D eigenvalue weighted by Crippen LogP contribution is -2.16. The van der Waals surface area contributed by atoms with Crippen molar-refractivity contribution >= 4 is 35.0 Å². The van der Waals surface area contributed by atoms with Crippen molar-refractivity contribution in [2.24, 2.45) is 0 Å². The molecule has 0 aliphatic carbocycles. The number of nitrogens with zero attached hydrogens (tertiary/aromatic N) is 3. The summed E-state index contributed by atoms with van der Waals surface area (Å²) in [4.78, 5) is 12.7. The summed E-state index contributed by atoms with van der Waals surface area (Å²) in [6.45, 7) is 3.89. The molecule has 5 nitrogen and oxygen atoms in total. The number of aryl methyl sites for hydroxylation is 2. The molecule has 0 spiro atoms. The maximum Gasteiger partial charge on any atom is 0.234 e. The fraction of sp³-hybridized carbons (Fsp3) is 0.125. The molecular weight excluding hydrogens is 447 g/mol. The van der Waals surface area contributed by atoms with Gasteiger partial charge < -0.3 is 5.32 Å². The SMILES string of the molecule is Cc1cccc(C)c1NC(=O)CSc1nnc(-c2ccccc2Cl)n1-c1ccccc1F. The predicted molar refractivity (Wildman–Crippen MR) is 127 cm³/mol. The molecule has 0 saturated heterocycles. The molecule has 32 heavy (non-hydrogen) atoms. The van der Waals surface area contributed by atoms with Crippen molar-refractivity contribution in [2.75, 3.05) is 11.1 Å². The van der Waals surface area contributed by atoms with E-state index in [2.05, 4.69) is 15.5 Å². The third-order valence-electron chi connectivity index (χ3n) is 4.92. The number of nitrogens with one attached hydrogen (secondary N) is 1. The van der Waals surface area contributed by atoms with Crippen LogP contribution in [0.15, 0.2) is 71.9 Å². The van der Waals surface area contributed by atoms with E-state index >= 15 is 0 Å². The zero-order valence-corrected chi connectivity index (χ0v) is 19.0. The van der Waals surface area contributed by atoms with E-state index < -0.39 is 5.82 Å². The predicted octanol–water partition coefficient (Wildman–Crippen LogP) is 6.07. The molecule has 1 amide bonds. The molecule has 0 aliphatic heterocycles. The molecule has 0 fully saturated rings. The third-order valence-corrected chi connectivity index (χ3v) is 6.18. The first-order valence-electron chi connectivity index (χ1n) is 9.90. The lowest BCUT2D eigenvalue weighted by molar-refractivity contribution is -0.113. The molecule has 0 radical (unpaired) electrons. The molecule has 0 aliphatic rings. The Morgan fingerprint density at radius 1 is 1.00 bits per heavy atom. The van der Waals surface area contributed by atoms with E-state index in [0.29, 0.717) is 21.6 Å². The van der Waals surface area contributed by atoms with Crippen LogP contribution in [-0.2, 0) is 4.79 Å². The molecular formula is C24H20ClFN4OS. The van der Waals surface area contributed by atoms with E-state index in [1.54, 1.807) is 34.9 Å². The maximum atomic E-state index is 14.7. The van der Waals surface area contributed by atoms with Gasteiger partial charge in [0.15, 0.2) is 11.0 Å². The molecule has 4 aromatic rings. The Kier molecular flexibility index (Phi) is 6.58. The monoisotopic (exact) mass is 466 g/mol. The lowest BCUT2D eigenvalue weighted by Gasteiger charge is -2.13. The fourth-order valence-electron chi connectivity index (χ4n) is 3.35. The van der Waals surface area contributed by atoms with Gasteiger partial charge in [0, 0.05) is 11.3 Å². The second-order valence-electron chi connectivity index (χ2n) is 7.18. The molecule has 0 unspecified atom stereocenters. The highest BCUT2D eigenvalue weighted by Crippen LogP contribution is 2.32. The van der Waals surface area contributed by atoms with E-state index in [1.807, 2.05) is 44.2 Å². The molecule has 162 valence electrons. The number of hydrogen-bond acceptors (Lipinski definition) is 4. The molecule has 4 rings (SSSR count). The zero-order valence-electron chi connectivity index (χ0n) is 17.5. The number of para-hydroxylation sites is 2. The average Bonchev–Trinajstić information content (AvgIpc) is 3.19. The Labute approximate surface area is 194 Å². The van der Waals surface area contributed by atoms with Gasteiger partial charge in [-0.1, -0.05) is 65.8 Å². The van der Waals surface area contributed by atoms with Crippen molar-refractivity contribution in [1.82, 2.24) is 14.8 Å². The van der Waals surface area contributed by atoms with Crippen LogP contribution in [0.3, 0.4) is 0 Å². The summed E-state index contributed by atoms with van der Waals surface area (Å²) in [6.07, 6.45) is 0.